The Balaban J connectivity index is 1.67. The van der Waals surface area contributed by atoms with E-state index in [0.717, 1.165) is 56.5 Å². The third kappa shape index (κ3) is 3.81. The highest BCUT2D eigenvalue weighted by Crippen LogP contribution is 2.27. The monoisotopic (exact) mass is 329 g/mol. The summed E-state index contributed by atoms with van der Waals surface area (Å²) in [7, 11) is 3.46. The molecule has 130 valence electrons. The molecule has 0 spiro atoms. The summed E-state index contributed by atoms with van der Waals surface area (Å²) < 4.78 is 10.9. The number of carbonyl (C=O) groups excluding carboxylic acids is 1. The Hall–Kier alpha value is -1.81. The fourth-order valence-corrected chi connectivity index (χ4v) is 3.83. The van der Waals surface area contributed by atoms with E-state index in [1.807, 2.05) is 17.0 Å². The molecule has 0 unspecified atom stereocenters. The molecule has 4 heteroatoms. The van der Waals surface area contributed by atoms with Crippen LogP contribution in [-0.2, 0) is 16.0 Å². The van der Waals surface area contributed by atoms with Crippen molar-refractivity contribution in [3.8, 4) is 5.75 Å². The third-order valence-electron chi connectivity index (χ3n) is 5.23. The molecular weight excluding hydrogens is 302 g/mol. The number of rotatable bonds is 5. The van der Waals surface area contributed by atoms with Gasteiger partial charge in [-0.2, -0.15) is 0 Å². The zero-order chi connectivity index (χ0) is 16.9. The number of carbonyl (C=O) groups is 1. The van der Waals surface area contributed by atoms with Gasteiger partial charge in [0, 0.05) is 31.7 Å². The molecule has 3 rings (SSSR count). The Bertz CT molecular complexity index is 593. The molecule has 1 heterocycles. The van der Waals surface area contributed by atoms with Gasteiger partial charge in [0.25, 0.3) is 0 Å². The van der Waals surface area contributed by atoms with Crippen molar-refractivity contribution in [2.75, 3.05) is 27.3 Å². The van der Waals surface area contributed by atoms with E-state index in [-0.39, 0.29) is 12.0 Å². The summed E-state index contributed by atoms with van der Waals surface area (Å²) in [6.07, 6.45) is 7.26. The first kappa shape index (κ1) is 17.0. The molecule has 1 saturated heterocycles. The Labute approximate surface area is 144 Å². The zero-order valence-electron chi connectivity index (χ0n) is 14.7. The molecule has 1 aromatic carbocycles. The summed E-state index contributed by atoms with van der Waals surface area (Å²) in [6, 6.07) is 8.19. The average molecular weight is 329 g/mol. The minimum Gasteiger partial charge on any atom is -0.497 e. The number of allylic oxidation sites excluding steroid dienone is 1. The van der Waals surface area contributed by atoms with Gasteiger partial charge in [0.2, 0.25) is 5.91 Å². The van der Waals surface area contributed by atoms with Crippen LogP contribution in [-0.4, -0.2) is 44.2 Å². The summed E-state index contributed by atoms with van der Waals surface area (Å²) in [5, 5.41) is 0. The lowest BCUT2D eigenvalue weighted by Gasteiger charge is -2.38. The molecule has 1 amide bonds. The molecular formula is C20H27NO3. The first-order chi connectivity index (χ1) is 11.7. The van der Waals surface area contributed by atoms with Crippen molar-refractivity contribution < 1.29 is 14.3 Å². The van der Waals surface area contributed by atoms with Crippen LogP contribution in [0.2, 0.25) is 0 Å². The highest BCUT2D eigenvalue weighted by molar-refractivity contribution is 5.93. The van der Waals surface area contributed by atoms with Crippen LogP contribution in [0.15, 0.2) is 35.9 Å². The predicted octanol–water partition coefficient (Wildman–Crippen LogP) is 3.21. The lowest BCUT2D eigenvalue weighted by atomic mass is 9.88. The van der Waals surface area contributed by atoms with Gasteiger partial charge in [-0.3, -0.25) is 4.79 Å². The number of hydrogen-bond donors (Lipinski definition) is 0. The van der Waals surface area contributed by atoms with Crippen LogP contribution in [0.25, 0.3) is 0 Å². The SMILES string of the molecule is COc1ccc(C[C@@H]2CN(C(=O)C3=CCCC3)CC[C@@H]2OC)cc1. The second-order valence-corrected chi connectivity index (χ2v) is 6.75. The summed E-state index contributed by atoms with van der Waals surface area (Å²) >= 11 is 0. The average Bonchev–Trinajstić information content (AvgIpc) is 3.16. The smallest absolute Gasteiger partial charge is 0.249 e. The maximum atomic E-state index is 12.7. The zero-order valence-corrected chi connectivity index (χ0v) is 14.7. The van der Waals surface area contributed by atoms with Gasteiger partial charge in [-0.25, -0.2) is 0 Å². The van der Waals surface area contributed by atoms with E-state index in [1.165, 1.54) is 5.56 Å². The lowest BCUT2D eigenvalue weighted by Crippen LogP contribution is -2.47. The maximum absolute atomic E-state index is 12.7. The van der Waals surface area contributed by atoms with Gasteiger partial charge in [-0.05, 0) is 49.8 Å². The minimum atomic E-state index is 0.216. The van der Waals surface area contributed by atoms with Crippen molar-refractivity contribution in [1.82, 2.24) is 4.90 Å². The van der Waals surface area contributed by atoms with E-state index in [1.54, 1.807) is 14.2 Å². The Kier molecular flexibility index (Phi) is 5.56. The van der Waals surface area contributed by atoms with E-state index in [4.69, 9.17) is 9.47 Å². The van der Waals surface area contributed by atoms with Gasteiger partial charge < -0.3 is 14.4 Å². The molecule has 0 N–H and O–H groups in total. The molecule has 0 radical (unpaired) electrons. The number of hydrogen-bond acceptors (Lipinski definition) is 3. The van der Waals surface area contributed by atoms with Crippen molar-refractivity contribution in [1.29, 1.82) is 0 Å². The van der Waals surface area contributed by atoms with Crippen molar-refractivity contribution in [3.63, 3.8) is 0 Å². The van der Waals surface area contributed by atoms with Crippen molar-refractivity contribution in [2.24, 2.45) is 5.92 Å². The van der Waals surface area contributed by atoms with Gasteiger partial charge >= 0.3 is 0 Å². The normalized spacial score (nSPS) is 23.9. The number of amides is 1. The summed E-state index contributed by atoms with van der Waals surface area (Å²) in [5.41, 5.74) is 2.27. The summed E-state index contributed by atoms with van der Waals surface area (Å²) in [4.78, 5) is 14.7. The molecule has 0 bridgehead atoms. The maximum Gasteiger partial charge on any atom is 0.249 e. The Morgan fingerprint density at radius 2 is 2.04 bits per heavy atom. The van der Waals surface area contributed by atoms with Crippen molar-refractivity contribution in [3.05, 3.63) is 41.5 Å². The fourth-order valence-electron chi connectivity index (χ4n) is 3.83. The van der Waals surface area contributed by atoms with Crippen LogP contribution in [0.5, 0.6) is 5.75 Å². The number of ether oxygens (including phenoxy) is 2. The van der Waals surface area contributed by atoms with Crippen LogP contribution in [0.1, 0.15) is 31.2 Å². The minimum absolute atomic E-state index is 0.216. The van der Waals surface area contributed by atoms with Crippen LogP contribution in [0.3, 0.4) is 0 Å². The summed E-state index contributed by atoms with van der Waals surface area (Å²) in [6.45, 7) is 1.58. The second-order valence-electron chi connectivity index (χ2n) is 6.75. The molecule has 2 aliphatic rings. The van der Waals surface area contributed by atoms with E-state index < -0.39 is 0 Å². The van der Waals surface area contributed by atoms with Crippen molar-refractivity contribution >= 4 is 5.91 Å². The molecule has 4 nitrogen and oxygen atoms in total. The lowest BCUT2D eigenvalue weighted by molar-refractivity contribution is -0.131. The van der Waals surface area contributed by atoms with Crippen molar-refractivity contribution in [2.45, 2.75) is 38.2 Å². The van der Waals surface area contributed by atoms with Crippen LogP contribution >= 0.6 is 0 Å². The van der Waals surface area contributed by atoms with Crippen LogP contribution in [0, 0.1) is 5.92 Å². The number of nitrogens with zero attached hydrogens (tertiary/aromatic N) is 1. The van der Waals surface area contributed by atoms with Crippen LogP contribution in [0.4, 0.5) is 0 Å². The molecule has 24 heavy (non-hydrogen) atoms. The Morgan fingerprint density at radius 1 is 1.25 bits per heavy atom. The number of benzene rings is 1. The van der Waals surface area contributed by atoms with Gasteiger partial charge in [-0.15, -0.1) is 0 Å². The van der Waals surface area contributed by atoms with E-state index in [2.05, 4.69) is 18.2 Å². The molecule has 0 aromatic heterocycles. The van der Waals surface area contributed by atoms with E-state index >= 15 is 0 Å². The van der Waals surface area contributed by atoms with Gasteiger partial charge in [-0.1, -0.05) is 18.2 Å². The standard InChI is InChI=1S/C20H27NO3/c1-23-18-9-7-15(8-10-18)13-17-14-21(12-11-19(17)24-2)20(22)16-5-3-4-6-16/h5,7-10,17,19H,3-4,6,11-14H2,1-2H3/t17-,19+/m1/s1. The molecule has 1 aliphatic carbocycles. The van der Waals surface area contributed by atoms with Crippen LogP contribution < -0.4 is 4.74 Å². The van der Waals surface area contributed by atoms with E-state index in [0.29, 0.717) is 5.92 Å². The number of piperidine rings is 1. The third-order valence-corrected chi connectivity index (χ3v) is 5.23. The first-order valence-corrected chi connectivity index (χ1v) is 8.85. The van der Waals surface area contributed by atoms with E-state index in [9.17, 15) is 4.79 Å². The number of methoxy groups -OCH3 is 2. The highest BCUT2D eigenvalue weighted by atomic mass is 16.5. The molecule has 1 aromatic rings. The molecule has 2 atom stereocenters. The second kappa shape index (κ2) is 7.84. The topological polar surface area (TPSA) is 38.8 Å². The predicted molar refractivity (Wildman–Crippen MR) is 94.1 cm³/mol. The first-order valence-electron chi connectivity index (χ1n) is 8.85. The Morgan fingerprint density at radius 3 is 2.67 bits per heavy atom. The van der Waals surface area contributed by atoms with Gasteiger partial charge in [0.1, 0.15) is 5.75 Å². The molecule has 1 aliphatic heterocycles. The quantitative estimate of drug-likeness (QED) is 0.832. The largest absolute Gasteiger partial charge is 0.497 e. The molecule has 0 saturated carbocycles. The number of likely N-dealkylation sites (tertiary alicyclic amines) is 1. The molecule has 1 fully saturated rings. The highest BCUT2D eigenvalue weighted by Gasteiger charge is 2.32. The van der Waals surface area contributed by atoms with Gasteiger partial charge in [0.05, 0.1) is 13.2 Å². The summed E-state index contributed by atoms with van der Waals surface area (Å²) in [5.74, 6) is 1.44. The fraction of sp³-hybridized carbons (Fsp3) is 0.550. The van der Waals surface area contributed by atoms with Gasteiger partial charge in [0.15, 0.2) is 0 Å².